The summed E-state index contributed by atoms with van der Waals surface area (Å²) in [5, 5.41) is 11.0. The Balaban J connectivity index is 2.07. The van der Waals surface area contributed by atoms with E-state index in [1.807, 2.05) is 19.0 Å². The second kappa shape index (κ2) is 8.87. The van der Waals surface area contributed by atoms with Gasteiger partial charge in [0.15, 0.2) is 0 Å². The maximum absolute atomic E-state index is 12.9. The average molecular weight is 395 g/mol. The van der Waals surface area contributed by atoms with Crippen molar-refractivity contribution >= 4 is 17.4 Å². The number of hydrogen-bond donors (Lipinski definition) is 1. The first-order valence-corrected chi connectivity index (χ1v) is 9.41. The Hall–Kier alpha value is -3.19. The minimum absolute atomic E-state index is 0.0827. The van der Waals surface area contributed by atoms with Crippen molar-refractivity contribution in [3.05, 3.63) is 65.5 Å². The molecular formula is C22H25N3O4. The Morgan fingerprint density at radius 2 is 1.93 bits per heavy atom. The highest BCUT2D eigenvalue weighted by Crippen LogP contribution is 2.39. The van der Waals surface area contributed by atoms with Crippen LogP contribution in [0.4, 0.5) is 0 Å². The molecular weight excluding hydrogens is 370 g/mol. The molecule has 0 spiro atoms. The molecule has 1 N–H and O–H groups in total. The largest absolute Gasteiger partial charge is 0.507 e. The number of amides is 1. The van der Waals surface area contributed by atoms with Gasteiger partial charge < -0.3 is 19.6 Å². The van der Waals surface area contributed by atoms with E-state index >= 15 is 0 Å². The zero-order chi connectivity index (χ0) is 21.0. The van der Waals surface area contributed by atoms with Gasteiger partial charge in [0.25, 0.3) is 11.7 Å². The van der Waals surface area contributed by atoms with Crippen LogP contribution in [0.25, 0.3) is 5.76 Å². The third-order valence-electron chi connectivity index (χ3n) is 4.91. The zero-order valence-electron chi connectivity index (χ0n) is 16.8. The highest BCUT2D eigenvalue weighted by Gasteiger charge is 2.45. The number of aliphatic hydroxyl groups excluding tert-OH is 1. The first-order valence-electron chi connectivity index (χ1n) is 9.41. The molecule has 0 unspecified atom stereocenters. The molecule has 1 saturated heterocycles. The maximum atomic E-state index is 12.9. The Bertz CT molecular complexity index is 925. The van der Waals surface area contributed by atoms with Gasteiger partial charge in [0, 0.05) is 24.5 Å². The molecule has 1 aliphatic rings. The van der Waals surface area contributed by atoms with Gasteiger partial charge in [-0.25, -0.2) is 0 Å². The SMILES string of the molecule is COc1cccc(C(O)=C2C(=O)C(=O)N(CCCN(C)C)[C@@H]2c2ccncc2)c1. The molecule has 0 aliphatic carbocycles. The predicted octanol–water partition coefficient (Wildman–Crippen LogP) is 2.46. The zero-order valence-corrected chi connectivity index (χ0v) is 16.8. The number of ketones is 1. The van der Waals surface area contributed by atoms with Crippen molar-refractivity contribution < 1.29 is 19.4 Å². The maximum Gasteiger partial charge on any atom is 0.295 e. The number of benzene rings is 1. The normalized spacial score (nSPS) is 18.5. The number of hydrogen-bond acceptors (Lipinski definition) is 6. The van der Waals surface area contributed by atoms with Crippen molar-refractivity contribution in [1.29, 1.82) is 0 Å². The smallest absolute Gasteiger partial charge is 0.295 e. The molecule has 152 valence electrons. The highest BCUT2D eigenvalue weighted by atomic mass is 16.5. The van der Waals surface area contributed by atoms with Crippen LogP contribution in [0, 0.1) is 0 Å². The van der Waals surface area contributed by atoms with Crippen molar-refractivity contribution in [3.8, 4) is 5.75 Å². The van der Waals surface area contributed by atoms with Gasteiger partial charge in [-0.15, -0.1) is 0 Å². The van der Waals surface area contributed by atoms with Crippen molar-refractivity contribution in [2.45, 2.75) is 12.5 Å². The quantitative estimate of drug-likeness (QED) is 0.441. The molecule has 2 aromatic rings. The van der Waals surface area contributed by atoms with E-state index in [-0.39, 0.29) is 11.3 Å². The fraction of sp³-hybridized carbons (Fsp3) is 0.318. The molecule has 29 heavy (non-hydrogen) atoms. The van der Waals surface area contributed by atoms with E-state index in [1.54, 1.807) is 48.8 Å². The van der Waals surface area contributed by atoms with Gasteiger partial charge >= 0.3 is 0 Å². The van der Waals surface area contributed by atoms with Gasteiger partial charge in [0.1, 0.15) is 11.5 Å². The topological polar surface area (TPSA) is 83.0 Å². The van der Waals surface area contributed by atoms with Gasteiger partial charge in [-0.3, -0.25) is 14.6 Å². The van der Waals surface area contributed by atoms with Gasteiger partial charge in [-0.2, -0.15) is 0 Å². The summed E-state index contributed by atoms with van der Waals surface area (Å²) in [5.41, 5.74) is 1.24. The summed E-state index contributed by atoms with van der Waals surface area (Å²) in [7, 11) is 5.44. The molecule has 7 heteroatoms. The number of carbonyl (C=O) groups excluding carboxylic acids is 2. The fourth-order valence-corrected chi connectivity index (χ4v) is 3.49. The van der Waals surface area contributed by atoms with Crippen LogP contribution in [0.2, 0.25) is 0 Å². The molecule has 7 nitrogen and oxygen atoms in total. The number of aromatic nitrogens is 1. The van der Waals surface area contributed by atoms with E-state index in [4.69, 9.17) is 4.74 Å². The number of carbonyl (C=O) groups is 2. The van der Waals surface area contributed by atoms with Crippen molar-refractivity contribution in [2.75, 3.05) is 34.3 Å². The lowest BCUT2D eigenvalue weighted by Gasteiger charge is -2.25. The molecule has 0 bridgehead atoms. The summed E-state index contributed by atoms with van der Waals surface area (Å²) in [4.78, 5) is 33.3. The van der Waals surface area contributed by atoms with Gasteiger partial charge in [0.05, 0.1) is 18.7 Å². The molecule has 1 atom stereocenters. The molecule has 1 aromatic carbocycles. The van der Waals surface area contributed by atoms with Gasteiger partial charge in [0.2, 0.25) is 0 Å². The summed E-state index contributed by atoms with van der Waals surface area (Å²) in [6.45, 7) is 1.19. The molecule has 1 aliphatic heterocycles. The second-order valence-corrected chi connectivity index (χ2v) is 7.16. The van der Waals surface area contributed by atoms with Crippen molar-refractivity contribution in [2.24, 2.45) is 0 Å². The van der Waals surface area contributed by atoms with Crippen LogP contribution >= 0.6 is 0 Å². The van der Waals surface area contributed by atoms with Crippen LogP contribution in [-0.2, 0) is 9.59 Å². The third kappa shape index (κ3) is 4.30. The minimum Gasteiger partial charge on any atom is -0.507 e. The van der Waals surface area contributed by atoms with E-state index in [1.165, 1.54) is 12.0 Å². The molecule has 2 heterocycles. The number of aliphatic hydroxyl groups is 1. The molecule has 0 radical (unpaired) electrons. The number of pyridine rings is 1. The number of likely N-dealkylation sites (tertiary alicyclic amines) is 1. The van der Waals surface area contributed by atoms with Crippen molar-refractivity contribution in [1.82, 2.24) is 14.8 Å². The standard InChI is InChI=1S/C22H25N3O4/c1-24(2)12-5-13-25-19(15-8-10-23-11-9-15)18(21(27)22(25)28)20(26)16-6-4-7-17(14-16)29-3/h4,6-11,14,19,26H,5,12-13H2,1-3H3/t19-/m1/s1. The molecule has 1 aromatic heterocycles. The lowest BCUT2D eigenvalue weighted by Crippen LogP contribution is -2.32. The molecule has 0 saturated carbocycles. The molecule has 1 amide bonds. The highest BCUT2D eigenvalue weighted by molar-refractivity contribution is 6.46. The Labute approximate surface area is 170 Å². The summed E-state index contributed by atoms with van der Waals surface area (Å²) < 4.78 is 5.21. The number of rotatable bonds is 7. The van der Waals surface area contributed by atoms with Crippen LogP contribution in [0.15, 0.2) is 54.4 Å². The van der Waals surface area contributed by atoms with Gasteiger partial charge in [-0.05, 0) is 56.9 Å². The lowest BCUT2D eigenvalue weighted by molar-refractivity contribution is -0.139. The fourth-order valence-electron chi connectivity index (χ4n) is 3.49. The predicted molar refractivity (Wildman–Crippen MR) is 109 cm³/mol. The first-order chi connectivity index (χ1) is 13.9. The summed E-state index contributed by atoms with van der Waals surface area (Å²) in [6.07, 6.45) is 3.93. The van der Waals surface area contributed by atoms with E-state index < -0.39 is 17.7 Å². The average Bonchev–Trinajstić information content (AvgIpc) is 2.98. The second-order valence-electron chi connectivity index (χ2n) is 7.16. The first kappa shape index (κ1) is 20.5. The Morgan fingerprint density at radius 3 is 2.59 bits per heavy atom. The van der Waals surface area contributed by atoms with E-state index in [2.05, 4.69) is 4.98 Å². The van der Waals surface area contributed by atoms with Crippen molar-refractivity contribution in [3.63, 3.8) is 0 Å². The minimum atomic E-state index is -0.683. The van der Waals surface area contributed by atoms with Gasteiger partial charge in [-0.1, -0.05) is 12.1 Å². The van der Waals surface area contributed by atoms with Crippen LogP contribution in [0.5, 0.6) is 5.75 Å². The van der Waals surface area contributed by atoms with Crippen LogP contribution in [0.1, 0.15) is 23.6 Å². The molecule has 3 rings (SSSR count). The number of methoxy groups -OCH3 is 1. The van der Waals surface area contributed by atoms with Crippen LogP contribution in [-0.4, -0.2) is 65.9 Å². The Kier molecular flexibility index (Phi) is 6.29. The molecule has 1 fully saturated rings. The number of nitrogens with zero attached hydrogens (tertiary/aromatic N) is 3. The number of ether oxygens (including phenoxy) is 1. The Morgan fingerprint density at radius 1 is 1.21 bits per heavy atom. The van der Waals surface area contributed by atoms with E-state index in [0.29, 0.717) is 24.3 Å². The van der Waals surface area contributed by atoms with Crippen LogP contribution in [0.3, 0.4) is 0 Å². The van der Waals surface area contributed by atoms with Crippen LogP contribution < -0.4 is 4.74 Å². The summed E-state index contributed by atoms with van der Waals surface area (Å²) in [6, 6.07) is 9.65. The van der Waals surface area contributed by atoms with E-state index in [9.17, 15) is 14.7 Å². The summed E-state index contributed by atoms with van der Waals surface area (Å²) >= 11 is 0. The summed E-state index contributed by atoms with van der Waals surface area (Å²) in [5.74, 6) is -0.944. The lowest BCUT2D eigenvalue weighted by atomic mass is 9.96. The monoisotopic (exact) mass is 395 g/mol. The number of Topliss-reactive ketones (excluding diaryl/α,β-unsaturated/α-hetero) is 1. The third-order valence-corrected chi connectivity index (χ3v) is 4.91. The van der Waals surface area contributed by atoms with E-state index in [0.717, 1.165) is 12.1 Å².